The molecule has 6 heteroatoms. The summed E-state index contributed by atoms with van der Waals surface area (Å²) in [4.78, 5) is 25.9. The first-order valence-corrected chi connectivity index (χ1v) is 7.31. The number of hydrogen-bond donors (Lipinski definition) is 2. The van der Waals surface area contributed by atoms with Gasteiger partial charge in [-0.15, -0.1) is 11.3 Å². The average Bonchev–Trinajstić information content (AvgIpc) is 2.81. The van der Waals surface area contributed by atoms with Crippen LogP contribution in [0.1, 0.15) is 23.3 Å². The summed E-state index contributed by atoms with van der Waals surface area (Å²) in [5.41, 5.74) is 6.46. The van der Waals surface area contributed by atoms with E-state index in [4.69, 9.17) is 5.73 Å². The molecule has 19 heavy (non-hydrogen) atoms. The monoisotopic (exact) mass is 281 g/mol. The van der Waals surface area contributed by atoms with Crippen LogP contribution in [-0.4, -0.2) is 29.9 Å². The van der Waals surface area contributed by atoms with Crippen molar-refractivity contribution in [1.29, 1.82) is 0 Å². The highest BCUT2D eigenvalue weighted by molar-refractivity contribution is 7.10. The normalized spacial score (nSPS) is 19.2. The van der Waals surface area contributed by atoms with E-state index in [1.54, 1.807) is 16.2 Å². The molecular formula is C13H19N3O2S. The van der Waals surface area contributed by atoms with Gasteiger partial charge < -0.3 is 16.0 Å². The molecule has 5 nitrogen and oxygen atoms in total. The molecule has 0 radical (unpaired) electrons. The molecule has 1 unspecified atom stereocenters. The van der Waals surface area contributed by atoms with E-state index in [0.29, 0.717) is 19.6 Å². The lowest BCUT2D eigenvalue weighted by Gasteiger charge is -2.30. The van der Waals surface area contributed by atoms with Gasteiger partial charge in [0.25, 0.3) is 0 Å². The number of likely N-dealkylation sites (tertiary alicyclic amines) is 1. The topological polar surface area (TPSA) is 75.4 Å². The minimum atomic E-state index is -0.438. The van der Waals surface area contributed by atoms with Crippen LogP contribution in [0.5, 0.6) is 0 Å². The minimum Gasteiger partial charge on any atom is -0.351 e. The predicted octanol–water partition coefficient (Wildman–Crippen LogP) is 1.46. The van der Waals surface area contributed by atoms with Gasteiger partial charge in [0.15, 0.2) is 0 Å². The number of rotatable bonds is 3. The Morgan fingerprint density at radius 1 is 1.58 bits per heavy atom. The molecule has 1 aromatic rings. The number of primary amides is 1. The quantitative estimate of drug-likeness (QED) is 0.880. The van der Waals surface area contributed by atoms with Crippen LogP contribution in [0.25, 0.3) is 0 Å². The molecule has 0 aromatic carbocycles. The average molecular weight is 281 g/mol. The fourth-order valence-electron chi connectivity index (χ4n) is 2.29. The maximum absolute atomic E-state index is 12.1. The maximum atomic E-state index is 12.1. The molecule has 1 atom stereocenters. The molecular weight excluding hydrogens is 262 g/mol. The highest BCUT2D eigenvalue weighted by Crippen LogP contribution is 2.18. The molecule has 2 heterocycles. The van der Waals surface area contributed by atoms with Gasteiger partial charge in [0.1, 0.15) is 0 Å². The molecule has 0 bridgehead atoms. The number of amides is 3. The number of carbonyl (C=O) groups excluding carboxylic acids is 2. The van der Waals surface area contributed by atoms with E-state index in [9.17, 15) is 9.59 Å². The van der Waals surface area contributed by atoms with E-state index in [-0.39, 0.29) is 11.8 Å². The Kier molecular flexibility index (Phi) is 4.42. The third-order valence-corrected chi connectivity index (χ3v) is 4.52. The Morgan fingerprint density at radius 2 is 2.37 bits per heavy atom. The second-order valence-electron chi connectivity index (χ2n) is 4.87. The summed E-state index contributed by atoms with van der Waals surface area (Å²) in [7, 11) is 0. The van der Waals surface area contributed by atoms with Crippen molar-refractivity contribution >= 4 is 23.3 Å². The van der Waals surface area contributed by atoms with Crippen molar-refractivity contribution in [2.24, 2.45) is 11.7 Å². The Morgan fingerprint density at radius 3 is 3.00 bits per heavy atom. The first-order valence-electron chi connectivity index (χ1n) is 6.43. The first-order chi connectivity index (χ1) is 9.08. The first kappa shape index (κ1) is 13.9. The molecule has 2 rings (SSSR count). The Balaban J connectivity index is 1.86. The second-order valence-corrected chi connectivity index (χ2v) is 5.87. The standard InChI is InChI=1S/C13H19N3O2S/c1-9-4-6-19-11(9)7-15-12(17)10-3-2-5-16(8-10)13(14)18/h4,6,10H,2-3,5,7-8H2,1H3,(H2,14,18)(H,15,17). The summed E-state index contributed by atoms with van der Waals surface area (Å²) >= 11 is 1.64. The lowest BCUT2D eigenvalue weighted by Crippen LogP contribution is -2.47. The van der Waals surface area contributed by atoms with Crippen molar-refractivity contribution in [1.82, 2.24) is 10.2 Å². The van der Waals surface area contributed by atoms with Crippen molar-refractivity contribution in [3.8, 4) is 0 Å². The van der Waals surface area contributed by atoms with E-state index >= 15 is 0 Å². The Labute approximate surface area is 116 Å². The van der Waals surface area contributed by atoms with Crippen molar-refractivity contribution < 1.29 is 9.59 Å². The van der Waals surface area contributed by atoms with Gasteiger partial charge in [-0.2, -0.15) is 0 Å². The van der Waals surface area contributed by atoms with E-state index in [1.165, 1.54) is 10.4 Å². The number of piperidine rings is 1. The summed E-state index contributed by atoms with van der Waals surface area (Å²) < 4.78 is 0. The lowest BCUT2D eigenvalue weighted by molar-refractivity contribution is -0.126. The van der Waals surface area contributed by atoms with Crippen molar-refractivity contribution in [2.75, 3.05) is 13.1 Å². The van der Waals surface area contributed by atoms with E-state index in [1.807, 2.05) is 18.4 Å². The molecule has 1 aliphatic heterocycles. The third kappa shape index (κ3) is 3.47. The van der Waals surface area contributed by atoms with Crippen molar-refractivity contribution in [2.45, 2.75) is 26.3 Å². The zero-order valence-electron chi connectivity index (χ0n) is 11.0. The number of nitrogens with one attached hydrogen (secondary N) is 1. The number of carbonyl (C=O) groups is 2. The molecule has 1 aromatic heterocycles. The molecule has 3 N–H and O–H groups in total. The second kappa shape index (κ2) is 6.06. The van der Waals surface area contributed by atoms with Crippen LogP contribution < -0.4 is 11.1 Å². The van der Waals surface area contributed by atoms with Gasteiger partial charge in [0.2, 0.25) is 5.91 Å². The van der Waals surface area contributed by atoms with Crippen LogP contribution in [-0.2, 0) is 11.3 Å². The fourth-order valence-corrected chi connectivity index (χ4v) is 3.13. The number of thiophene rings is 1. The highest BCUT2D eigenvalue weighted by Gasteiger charge is 2.27. The third-order valence-electron chi connectivity index (χ3n) is 3.50. The summed E-state index contributed by atoms with van der Waals surface area (Å²) in [5, 5.41) is 4.97. The van der Waals surface area contributed by atoms with Crippen LogP contribution in [0, 0.1) is 12.8 Å². The summed E-state index contributed by atoms with van der Waals surface area (Å²) in [6.07, 6.45) is 1.65. The molecule has 0 spiro atoms. The van der Waals surface area contributed by atoms with Crippen LogP contribution in [0.2, 0.25) is 0 Å². The molecule has 0 aliphatic carbocycles. The van der Waals surface area contributed by atoms with E-state index < -0.39 is 6.03 Å². The van der Waals surface area contributed by atoms with Crippen LogP contribution >= 0.6 is 11.3 Å². The van der Waals surface area contributed by atoms with Gasteiger partial charge in [-0.25, -0.2) is 4.79 Å². The van der Waals surface area contributed by atoms with E-state index in [2.05, 4.69) is 5.32 Å². The highest BCUT2D eigenvalue weighted by atomic mass is 32.1. The van der Waals surface area contributed by atoms with Crippen molar-refractivity contribution in [3.05, 3.63) is 21.9 Å². The molecule has 3 amide bonds. The maximum Gasteiger partial charge on any atom is 0.314 e. The molecule has 1 fully saturated rings. The van der Waals surface area contributed by atoms with Gasteiger partial charge in [-0.3, -0.25) is 4.79 Å². The zero-order valence-corrected chi connectivity index (χ0v) is 11.8. The van der Waals surface area contributed by atoms with Gasteiger partial charge in [-0.05, 0) is 36.8 Å². The van der Waals surface area contributed by atoms with Gasteiger partial charge in [0, 0.05) is 18.0 Å². The van der Waals surface area contributed by atoms with Crippen LogP contribution in [0.4, 0.5) is 4.79 Å². The Bertz CT molecular complexity index is 472. The zero-order chi connectivity index (χ0) is 13.8. The molecule has 1 saturated heterocycles. The van der Waals surface area contributed by atoms with Crippen LogP contribution in [0.3, 0.4) is 0 Å². The lowest BCUT2D eigenvalue weighted by atomic mass is 9.97. The molecule has 1 aliphatic rings. The number of hydrogen-bond acceptors (Lipinski definition) is 3. The van der Waals surface area contributed by atoms with Gasteiger partial charge in [-0.1, -0.05) is 0 Å². The van der Waals surface area contributed by atoms with Gasteiger partial charge in [0.05, 0.1) is 12.5 Å². The number of aryl methyl sites for hydroxylation is 1. The molecule has 0 saturated carbocycles. The summed E-state index contributed by atoms with van der Waals surface area (Å²) in [5.74, 6) is -0.125. The van der Waals surface area contributed by atoms with E-state index in [0.717, 1.165) is 12.8 Å². The summed E-state index contributed by atoms with van der Waals surface area (Å²) in [6, 6.07) is 1.60. The predicted molar refractivity (Wildman–Crippen MR) is 74.8 cm³/mol. The number of nitrogens with zero attached hydrogens (tertiary/aromatic N) is 1. The smallest absolute Gasteiger partial charge is 0.314 e. The minimum absolute atomic E-state index is 0.0127. The number of nitrogens with two attached hydrogens (primary N) is 1. The number of urea groups is 1. The van der Waals surface area contributed by atoms with Crippen LogP contribution in [0.15, 0.2) is 11.4 Å². The molecule has 104 valence electrons. The largest absolute Gasteiger partial charge is 0.351 e. The summed E-state index contributed by atoms with van der Waals surface area (Å²) in [6.45, 7) is 3.69. The van der Waals surface area contributed by atoms with Gasteiger partial charge >= 0.3 is 6.03 Å². The SMILES string of the molecule is Cc1ccsc1CNC(=O)C1CCCN(C(N)=O)C1. The fraction of sp³-hybridized carbons (Fsp3) is 0.538. The Hall–Kier alpha value is -1.56. The van der Waals surface area contributed by atoms with Crippen molar-refractivity contribution in [3.63, 3.8) is 0 Å².